The lowest BCUT2D eigenvalue weighted by molar-refractivity contribution is -0.143. The first kappa shape index (κ1) is 11.6. The van der Waals surface area contributed by atoms with E-state index in [1.54, 1.807) is 6.92 Å². The monoisotopic (exact) mass is 208 g/mol. The summed E-state index contributed by atoms with van der Waals surface area (Å²) >= 11 is 0. The van der Waals surface area contributed by atoms with Crippen LogP contribution in [0.25, 0.3) is 0 Å². The molecule has 0 amide bonds. The molecule has 0 aliphatic heterocycles. The number of esters is 1. The molecular weight excluding hydrogens is 192 g/mol. The third kappa shape index (κ3) is 5.05. The zero-order valence-corrected chi connectivity index (χ0v) is 8.94. The summed E-state index contributed by atoms with van der Waals surface area (Å²) in [6, 6.07) is 9.59. The fourth-order valence-corrected chi connectivity index (χ4v) is 1.05. The Morgan fingerprint density at radius 3 is 2.60 bits per heavy atom. The van der Waals surface area contributed by atoms with E-state index >= 15 is 0 Å². The quantitative estimate of drug-likeness (QED) is 0.532. The third-order valence-corrected chi connectivity index (χ3v) is 1.85. The molecule has 0 bridgehead atoms. The molecule has 0 heterocycles. The number of ether oxygens (including phenoxy) is 2. The molecule has 15 heavy (non-hydrogen) atoms. The van der Waals surface area contributed by atoms with Crippen LogP contribution in [0.15, 0.2) is 30.3 Å². The van der Waals surface area contributed by atoms with Crippen LogP contribution < -0.4 is 4.74 Å². The average Bonchev–Trinajstić information content (AvgIpc) is 2.29. The van der Waals surface area contributed by atoms with Crippen molar-refractivity contribution in [3.8, 4) is 5.75 Å². The zero-order chi connectivity index (χ0) is 10.9. The molecule has 1 aromatic carbocycles. The lowest BCUT2D eigenvalue weighted by atomic mass is 10.3. The van der Waals surface area contributed by atoms with E-state index in [-0.39, 0.29) is 5.97 Å². The SMILES string of the molecule is CCC(=O)OCCCOc1ccccc1. The van der Waals surface area contributed by atoms with Crippen LogP contribution in [0, 0.1) is 0 Å². The first-order valence-electron chi connectivity index (χ1n) is 5.16. The molecule has 0 aliphatic carbocycles. The van der Waals surface area contributed by atoms with Crippen molar-refractivity contribution in [2.24, 2.45) is 0 Å². The van der Waals surface area contributed by atoms with Crippen molar-refractivity contribution in [2.45, 2.75) is 19.8 Å². The Hall–Kier alpha value is -1.51. The predicted octanol–water partition coefficient (Wildman–Crippen LogP) is 2.41. The molecule has 0 fully saturated rings. The first-order valence-corrected chi connectivity index (χ1v) is 5.16. The number of para-hydroxylation sites is 1. The molecule has 0 saturated heterocycles. The number of carbonyl (C=O) groups excluding carboxylic acids is 1. The van der Waals surface area contributed by atoms with E-state index in [9.17, 15) is 4.79 Å². The largest absolute Gasteiger partial charge is 0.493 e. The molecule has 0 aliphatic rings. The lowest BCUT2D eigenvalue weighted by Gasteiger charge is -2.06. The normalized spacial score (nSPS) is 9.67. The Morgan fingerprint density at radius 2 is 1.93 bits per heavy atom. The second-order valence-corrected chi connectivity index (χ2v) is 3.09. The van der Waals surface area contributed by atoms with Crippen LogP contribution in [0.3, 0.4) is 0 Å². The number of carbonyl (C=O) groups is 1. The van der Waals surface area contributed by atoms with Gasteiger partial charge in [0.05, 0.1) is 13.2 Å². The topological polar surface area (TPSA) is 35.5 Å². The van der Waals surface area contributed by atoms with Gasteiger partial charge in [-0.1, -0.05) is 25.1 Å². The third-order valence-electron chi connectivity index (χ3n) is 1.85. The molecule has 82 valence electrons. The number of hydrogen-bond acceptors (Lipinski definition) is 3. The van der Waals surface area contributed by atoms with Crippen LogP contribution >= 0.6 is 0 Å². The summed E-state index contributed by atoms with van der Waals surface area (Å²) in [7, 11) is 0. The smallest absolute Gasteiger partial charge is 0.305 e. The Morgan fingerprint density at radius 1 is 1.20 bits per heavy atom. The van der Waals surface area contributed by atoms with Crippen molar-refractivity contribution >= 4 is 5.97 Å². The minimum atomic E-state index is -0.158. The first-order chi connectivity index (χ1) is 7.33. The van der Waals surface area contributed by atoms with Gasteiger partial charge in [-0.2, -0.15) is 0 Å². The molecule has 0 N–H and O–H groups in total. The van der Waals surface area contributed by atoms with Crippen molar-refractivity contribution in [1.82, 2.24) is 0 Å². The van der Waals surface area contributed by atoms with Gasteiger partial charge < -0.3 is 9.47 Å². The molecule has 3 heteroatoms. The molecule has 1 rings (SSSR count). The molecule has 0 saturated carbocycles. The summed E-state index contributed by atoms with van der Waals surface area (Å²) in [4.78, 5) is 10.8. The number of rotatable bonds is 6. The maximum Gasteiger partial charge on any atom is 0.305 e. The van der Waals surface area contributed by atoms with E-state index in [1.807, 2.05) is 30.3 Å². The summed E-state index contributed by atoms with van der Waals surface area (Å²) in [5.41, 5.74) is 0. The van der Waals surface area contributed by atoms with Crippen molar-refractivity contribution in [2.75, 3.05) is 13.2 Å². The fraction of sp³-hybridized carbons (Fsp3) is 0.417. The van der Waals surface area contributed by atoms with Gasteiger partial charge in [-0.3, -0.25) is 4.79 Å². The second-order valence-electron chi connectivity index (χ2n) is 3.09. The minimum absolute atomic E-state index is 0.158. The summed E-state index contributed by atoms with van der Waals surface area (Å²) in [6.07, 6.45) is 1.15. The zero-order valence-electron chi connectivity index (χ0n) is 8.94. The Labute approximate surface area is 90.0 Å². The maximum atomic E-state index is 10.8. The molecule has 0 spiro atoms. The minimum Gasteiger partial charge on any atom is -0.493 e. The molecular formula is C12H16O3. The summed E-state index contributed by atoms with van der Waals surface area (Å²) in [6.45, 7) is 2.78. The van der Waals surface area contributed by atoms with Gasteiger partial charge in [0.2, 0.25) is 0 Å². The van der Waals surface area contributed by atoms with E-state index in [4.69, 9.17) is 9.47 Å². The molecule has 0 atom stereocenters. The Bertz CT molecular complexity index is 282. The van der Waals surface area contributed by atoms with E-state index in [2.05, 4.69) is 0 Å². The second kappa shape index (κ2) is 6.87. The molecule has 0 aromatic heterocycles. The van der Waals surface area contributed by atoms with E-state index in [1.165, 1.54) is 0 Å². The fourth-order valence-electron chi connectivity index (χ4n) is 1.05. The van der Waals surface area contributed by atoms with Crippen molar-refractivity contribution in [3.05, 3.63) is 30.3 Å². The Kier molecular flexibility index (Phi) is 5.30. The van der Waals surface area contributed by atoms with Gasteiger partial charge >= 0.3 is 5.97 Å². The molecule has 0 unspecified atom stereocenters. The van der Waals surface area contributed by atoms with E-state index in [0.29, 0.717) is 19.6 Å². The standard InChI is InChI=1S/C12H16O3/c1-2-12(13)15-10-6-9-14-11-7-4-3-5-8-11/h3-5,7-8H,2,6,9-10H2,1H3. The van der Waals surface area contributed by atoms with Crippen LogP contribution in [0.4, 0.5) is 0 Å². The van der Waals surface area contributed by atoms with Crippen LogP contribution in [-0.2, 0) is 9.53 Å². The van der Waals surface area contributed by atoms with Crippen LogP contribution in [0.1, 0.15) is 19.8 Å². The summed E-state index contributed by atoms with van der Waals surface area (Å²) in [5, 5.41) is 0. The van der Waals surface area contributed by atoms with Gasteiger partial charge in [-0.05, 0) is 12.1 Å². The highest BCUT2D eigenvalue weighted by Crippen LogP contribution is 2.08. The van der Waals surface area contributed by atoms with E-state index in [0.717, 1.165) is 12.2 Å². The average molecular weight is 208 g/mol. The molecule has 3 nitrogen and oxygen atoms in total. The van der Waals surface area contributed by atoms with Gasteiger partial charge in [0.15, 0.2) is 0 Å². The highest BCUT2D eigenvalue weighted by molar-refractivity contribution is 5.68. The number of hydrogen-bond donors (Lipinski definition) is 0. The molecule has 1 aromatic rings. The van der Waals surface area contributed by atoms with Gasteiger partial charge in [-0.15, -0.1) is 0 Å². The van der Waals surface area contributed by atoms with Crippen LogP contribution in [0.2, 0.25) is 0 Å². The highest BCUT2D eigenvalue weighted by atomic mass is 16.5. The summed E-state index contributed by atoms with van der Waals surface area (Å²) < 4.78 is 10.3. The van der Waals surface area contributed by atoms with Crippen LogP contribution in [0.5, 0.6) is 5.75 Å². The number of benzene rings is 1. The summed E-state index contributed by atoms with van der Waals surface area (Å²) in [5.74, 6) is 0.689. The van der Waals surface area contributed by atoms with Crippen molar-refractivity contribution < 1.29 is 14.3 Å². The van der Waals surface area contributed by atoms with Crippen molar-refractivity contribution in [1.29, 1.82) is 0 Å². The van der Waals surface area contributed by atoms with Gasteiger partial charge in [0.1, 0.15) is 5.75 Å². The van der Waals surface area contributed by atoms with Gasteiger partial charge in [-0.25, -0.2) is 0 Å². The highest BCUT2D eigenvalue weighted by Gasteiger charge is 1.97. The maximum absolute atomic E-state index is 10.8. The lowest BCUT2D eigenvalue weighted by Crippen LogP contribution is -2.07. The predicted molar refractivity (Wildman–Crippen MR) is 57.8 cm³/mol. The molecule has 0 radical (unpaired) electrons. The van der Waals surface area contributed by atoms with Crippen molar-refractivity contribution in [3.63, 3.8) is 0 Å². The van der Waals surface area contributed by atoms with E-state index < -0.39 is 0 Å². The van der Waals surface area contributed by atoms with Gasteiger partial charge in [0, 0.05) is 12.8 Å². The van der Waals surface area contributed by atoms with Crippen LogP contribution in [-0.4, -0.2) is 19.2 Å². The Balaban J connectivity index is 2.05. The van der Waals surface area contributed by atoms with Gasteiger partial charge in [0.25, 0.3) is 0 Å².